The Balaban J connectivity index is 1.88. The molecular formula is C25H31N3O6. The maximum absolute atomic E-state index is 13.2. The Hall–Kier alpha value is -3.88. The zero-order valence-corrected chi connectivity index (χ0v) is 20.2. The first-order valence-electron chi connectivity index (χ1n) is 11.2. The minimum absolute atomic E-state index is 0.329. The molecule has 9 heteroatoms. The third kappa shape index (κ3) is 5.54. The van der Waals surface area contributed by atoms with Crippen LogP contribution < -0.4 is 29.0 Å². The van der Waals surface area contributed by atoms with E-state index in [1.807, 2.05) is 39.0 Å². The van der Waals surface area contributed by atoms with Crippen LogP contribution in [-0.2, 0) is 6.54 Å². The summed E-state index contributed by atoms with van der Waals surface area (Å²) >= 11 is 0. The summed E-state index contributed by atoms with van der Waals surface area (Å²) in [6.45, 7) is 7.28. The molecule has 2 aromatic carbocycles. The number of nitrogens with one attached hydrogen (secondary N) is 1. The Bertz CT molecular complexity index is 1080. The first-order valence-corrected chi connectivity index (χ1v) is 11.2. The zero-order valence-electron chi connectivity index (χ0n) is 20.2. The van der Waals surface area contributed by atoms with E-state index in [0.717, 1.165) is 5.56 Å². The Labute approximate surface area is 199 Å². The highest BCUT2D eigenvalue weighted by atomic mass is 16.5. The van der Waals surface area contributed by atoms with Crippen molar-refractivity contribution < 1.29 is 28.5 Å². The van der Waals surface area contributed by atoms with Gasteiger partial charge >= 0.3 is 0 Å². The number of carbonyl (C=O) groups excluding carboxylic acids is 1. The van der Waals surface area contributed by atoms with E-state index >= 15 is 0 Å². The molecule has 0 aliphatic carbocycles. The quantitative estimate of drug-likeness (QED) is 0.420. The van der Waals surface area contributed by atoms with E-state index in [1.165, 1.54) is 0 Å². The number of aromatic nitrogens is 2. The van der Waals surface area contributed by atoms with Crippen LogP contribution in [0.5, 0.6) is 28.7 Å². The molecule has 0 atom stereocenters. The van der Waals surface area contributed by atoms with Crippen LogP contribution in [0, 0.1) is 0 Å². The molecule has 1 N–H and O–H groups in total. The van der Waals surface area contributed by atoms with Gasteiger partial charge in [0.25, 0.3) is 5.91 Å². The molecule has 1 aromatic heterocycles. The fourth-order valence-corrected chi connectivity index (χ4v) is 3.51. The van der Waals surface area contributed by atoms with Crippen LogP contribution in [0.4, 0.5) is 5.82 Å². The van der Waals surface area contributed by atoms with E-state index in [-0.39, 0.29) is 5.91 Å². The molecule has 34 heavy (non-hydrogen) atoms. The summed E-state index contributed by atoms with van der Waals surface area (Å²) in [5, 5.41) is 7.28. The van der Waals surface area contributed by atoms with Gasteiger partial charge < -0.3 is 29.0 Å². The molecule has 0 fully saturated rings. The first kappa shape index (κ1) is 24.8. The number of hydrogen-bond donors (Lipinski definition) is 1. The molecule has 0 unspecified atom stereocenters. The molecule has 0 aliphatic rings. The summed E-state index contributed by atoms with van der Waals surface area (Å²) in [5.41, 5.74) is 1.24. The van der Waals surface area contributed by atoms with E-state index in [4.69, 9.17) is 23.7 Å². The third-order valence-electron chi connectivity index (χ3n) is 4.93. The van der Waals surface area contributed by atoms with Crippen molar-refractivity contribution in [1.82, 2.24) is 9.78 Å². The van der Waals surface area contributed by atoms with Gasteiger partial charge in [-0.3, -0.25) is 4.79 Å². The molecular weight excluding hydrogens is 438 g/mol. The van der Waals surface area contributed by atoms with E-state index in [2.05, 4.69) is 10.4 Å². The lowest BCUT2D eigenvalue weighted by atomic mass is 10.1. The number of amides is 1. The standard InChI is InChI=1S/C25H31N3O6/c1-6-32-20-14-18(15-21(33-7-2)24(20)34-8-3)25(29)27-22-12-13-26-28(22)16-17-10-9-11-19(30-4)23(17)31-5/h9-15H,6-8,16H2,1-5H3,(H,27,29). The second-order valence-electron chi connectivity index (χ2n) is 7.08. The lowest BCUT2D eigenvalue weighted by Crippen LogP contribution is -2.17. The molecule has 0 saturated heterocycles. The van der Waals surface area contributed by atoms with Gasteiger partial charge in [0.15, 0.2) is 23.0 Å². The lowest BCUT2D eigenvalue weighted by molar-refractivity contribution is 0.102. The van der Waals surface area contributed by atoms with Gasteiger partial charge in [-0.2, -0.15) is 5.10 Å². The molecule has 3 aromatic rings. The molecule has 0 bridgehead atoms. The molecule has 0 spiro atoms. The number of hydrogen-bond acceptors (Lipinski definition) is 7. The number of nitrogens with zero attached hydrogens (tertiary/aromatic N) is 2. The summed E-state index contributed by atoms with van der Waals surface area (Å²) in [7, 11) is 3.18. The highest BCUT2D eigenvalue weighted by Gasteiger charge is 2.20. The third-order valence-corrected chi connectivity index (χ3v) is 4.93. The summed E-state index contributed by atoms with van der Waals surface area (Å²) in [6, 6.07) is 10.7. The Morgan fingerprint density at radius 2 is 1.56 bits per heavy atom. The number of benzene rings is 2. The van der Waals surface area contributed by atoms with Gasteiger partial charge in [0.1, 0.15) is 5.82 Å². The van der Waals surface area contributed by atoms with Crippen molar-refractivity contribution >= 4 is 11.7 Å². The number of ether oxygens (including phenoxy) is 5. The number of anilines is 1. The normalized spacial score (nSPS) is 10.5. The maximum Gasteiger partial charge on any atom is 0.257 e. The van der Waals surface area contributed by atoms with Crippen LogP contribution in [0.25, 0.3) is 0 Å². The summed E-state index contributed by atoms with van der Waals surface area (Å²) in [4.78, 5) is 13.2. The van der Waals surface area contributed by atoms with Crippen LogP contribution in [0.1, 0.15) is 36.7 Å². The van der Waals surface area contributed by atoms with E-state index in [9.17, 15) is 4.79 Å². The average Bonchev–Trinajstić information content (AvgIpc) is 3.27. The minimum atomic E-state index is -0.329. The van der Waals surface area contributed by atoms with Crippen molar-refractivity contribution in [2.75, 3.05) is 39.4 Å². The van der Waals surface area contributed by atoms with Crippen molar-refractivity contribution in [2.45, 2.75) is 27.3 Å². The topological polar surface area (TPSA) is 93.1 Å². The molecule has 9 nitrogen and oxygen atoms in total. The predicted molar refractivity (Wildman–Crippen MR) is 129 cm³/mol. The lowest BCUT2D eigenvalue weighted by Gasteiger charge is -2.17. The van der Waals surface area contributed by atoms with Gasteiger partial charge in [-0.25, -0.2) is 4.68 Å². The van der Waals surface area contributed by atoms with Crippen LogP contribution in [0.15, 0.2) is 42.6 Å². The van der Waals surface area contributed by atoms with Crippen LogP contribution in [0.3, 0.4) is 0 Å². The van der Waals surface area contributed by atoms with Crippen LogP contribution in [-0.4, -0.2) is 49.7 Å². The smallest absolute Gasteiger partial charge is 0.257 e. The van der Waals surface area contributed by atoms with Crippen molar-refractivity contribution in [3.8, 4) is 28.7 Å². The summed E-state index contributed by atoms with van der Waals surface area (Å²) < 4.78 is 29.7. The zero-order chi connectivity index (χ0) is 24.5. The molecule has 0 aliphatic heterocycles. The van der Waals surface area contributed by atoms with Crippen molar-refractivity contribution in [3.05, 3.63) is 53.7 Å². The molecule has 1 amide bonds. The Morgan fingerprint density at radius 3 is 2.15 bits per heavy atom. The Morgan fingerprint density at radius 1 is 0.882 bits per heavy atom. The highest BCUT2D eigenvalue weighted by Crippen LogP contribution is 2.39. The van der Waals surface area contributed by atoms with E-state index < -0.39 is 0 Å². The fourth-order valence-electron chi connectivity index (χ4n) is 3.51. The van der Waals surface area contributed by atoms with Gasteiger partial charge in [-0.05, 0) is 39.0 Å². The number of para-hydroxylation sites is 1. The second kappa shape index (κ2) is 11.8. The van der Waals surface area contributed by atoms with Crippen LogP contribution in [0.2, 0.25) is 0 Å². The van der Waals surface area contributed by atoms with Crippen LogP contribution >= 0.6 is 0 Å². The first-order chi connectivity index (χ1) is 16.6. The van der Waals surface area contributed by atoms with Crippen molar-refractivity contribution in [1.29, 1.82) is 0 Å². The fraction of sp³-hybridized carbons (Fsp3) is 0.360. The Kier molecular flexibility index (Phi) is 8.61. The highest BCUT2D eigenvalue weighted by molar-refractivity contribution is 6.04. The van der Waals surface area contributed by atoms with Gasteiger partial charge in [-0.1, -0.05) is 12.1 Å². The monoisotopic (exact) mass is 469 g/mol. The molecule has 0 saturated carbocycles. The SMILES string of the molecule is CCOc1cc(C(=O)Nc2ccnn2Cc2cccc(OC)c2OC)cc(OCC)c1OCC. The van der Waals surface area contributed by atoms with Gasteiger partial charge in [0.05, 0.1) is 46.8 Å². The molecule has 0 radical (unpaired) electrons. The summed E-state index contributed by atoms with van der Waals surface area (Å²) in [5.74, 6) is 2.83. The van der Waals surface area contributed by atoms with Gasteiger partial charge in [0, 0.05) is 17.2 Å². The minimum Gasteiger partial charge on any atom is -0.493 e. The summed E-state index contributed by atoms with van der Waals surface area (Å²) in [6.07, 6.45) is 1.62. The number of methoxy groups -OCH3 is 2. The number of rotatable bonds is 12. The van der Waals surface area contributed by atoms with Gasteiger partial charge in [-0.15, -0.1) is 0 Å². The van der Waals surface area contributed by atoms with Crippen molar-refractivity contribution in [2.24, 2.45) is 0 Å². The molecule has 182 valence electrons. The average molecular weight is 470 g/mol. The van der Waals surface area contributed by atoms with Gasteiger partial charge in [0.2, 0.25) is 5.75 Å². The molecule has 3 rings (SSSR count). The largest absolute Gasteiger partial charge is 0.493 e. The second-order valence-corrected chi connectivity index (χ2v) is 7.08. The maximum atomic E-state index is 13.2. The molecule has 1 heterocycles. The number of carbonyl (C=O) groups is 1. The van der Waals surface area contributed by atoms with E-state index in [0.29, 0.717) is 66.5 Å². The van der Waals surface area contributed by atoms with E-state index in [1.54, 1.807) is 43.3 Å². The predicted octanol–water partition coefficient (Wildman–Crippen LogP) is 4.40. The van der Waals surface area contributed by atoms with Crippen molar-refractivity contribution in [3.63, 3.8) is 0 Å².